The fourth-order valence-electron chi connectivity index (χ4n) is 1.14. The molecule has 0 aromatic carbocycles. The molecular weight excluding hydrogens is 228 g/mol. The fraction of sp³-hybridized carbons (Fsp3) is 0.692. The van der Waals surface area contributed by atoms with E-state index in [1.807, 2.05) is 14.1 Å². The first-order valence-electron chi connectivity index (χ1n) is 6.27. The Bertz CT molecular complexity index is 349. The third kappa shape index (κ3) is 4.58. The van der Waals surface area contributed by atoms with Gasteiger partial charge in [-0.1, -0.05) is 6.92 Å². The zero-order chi connectivity index (χ0) is 13.6. The topological polar surface area (TPSA) is 50.3 Å². The van der Waals surface area contributed by atoms with E-state index in [-0.39, 0.29) is 5.54 Å². The smallest absolute Gasteiger partial charge is 0.232 e. The highest BCUT2D eigenvalue weighted by molar-refractivity contribution is 5.07. The molecule has 0 aliphatic heterocycles. The van der Waals surface area contributed by atoms with E-state index in [1.54, 1.807) is 12.4 Å². The van der Waals surface area contributed by atoms with Crippen molar-refractivity contribution in [3.63, 3.8) is 0 Å². The number of likely N-dealkylation sites (N-methyl/N-ethyl adjacent to an activating group) is 1. The number of aromatic nitrogens is 2. The van der Waals surface area contributed by atoms with E-state index in [4.69, 9.17) is 4.74 Å². The van der Waals surface area contributed by atoms with Crippen LogP contribution in [0.2, 0.25) is 0 Å². The first-order chi connectivity index (χ1) is 8.45. The van der Waals surface area contributed by atoms with Crippen molar-refractivity contribution in [2.75, 3.05) is 27.2 Å². The molecule has 0 atom stereocenters. The summed E-state index contributed by atoms with van der Waals surface area (Å²) in [5.74, 6) is 0.574. The SMILES string of the molecule is CCNCc1cnc(OCC(C)(C)N(C)C)cn1. The van der Waals surface area contributed by atoms with Gasteiger partial charge in [0.1, 0.15) is 6.61 Å². The molecule has 1 rings (SSSR count). The van der Waals surface area contributed by atoms with Crippen LogP contribution in [0.4, 0.5) is 0 Å². The highest BCUT2D eigenvalue weighted by atomic mass is 16.5. The molecule has 0 aliphatic rings. The van der Waals surface area contributed by atoms with Crippen molar-refractivity contribution in [1.29, 1.82) is 0 Å². The molecule has 102 valence electrons. The normalized spacial score (nSPS) is 11.9. The molecule has 1 aromatic heterocycles. The maximum atomic E-state index is 5.66. The third-order valence-electron chi connectivity index (χ3n) is 3.02. The molecule has 1 aromatic rings. The minimum atomic E-state index is -0.0237. The summed E-state index contributed by atoms with van der Waals surface area (Å²) < 4.78 is 5.66. The quantitative estimate of drug-likeness (QED) is 0.793. The maximum absolute atomic E-state index is 5.66. The Morgan fingerprint density at radius 1 is 1.28 bits per heavy atom. The van der Waals surface area contributed by atoms with Gasteiger partial charge in [-0.3, -0.25) is 4.98 Å². The van der Waals surface area contributed by atoms with Gasteiger partial charge in [0.15, 0.2) is 0 Å². The lowest BCUT2D eigenvalue weighted by Gasteiger charge is -2.31. The number of nitrogens with one attached hydrogen (secondary N) is 1. The van der Waals surface area contributed by atoms with Gasteiger partial charge in [0.05, 0.1) is 18.1 Å². The highest BCUT2D eigenvalue weighted by Gasteiger charge is 2.21. The molecule has 1 N–H and O–H groups in total. The van der Waals surface area contributed by atoms with Crippen LogP contribution in [0.1, 0.15) is 26.5 Å². The molecule has 5 heteroatoms. The Hall–Kier alpha value is -1.20. The predicted molar refractivity (Wildman–Crippen MR) is 72.7 cm³/mol. The van der Waals surface area contributed by atoms with Gasteiger partial charge in [0, 0.05) is 12.1 Å². The molecule has 0 aliphatic carbocycles. The lowest BCUT2D eigenvalue weighted by atomic mass is 10.1. The Balaban J connectivity index is 2.49. The van der Waals surface area contributed by atoms with Crippen molar-refractivity contribution in [1.82, 2.24) is 20.2 Å². The Labute approximate surface area is 110 Å². The summed E-state index contributed by atoms with van der Waals surface area (Å²) >= 11 is 0. The van der Waals surface area contributed by atoms with Gasteiger partial charge in [-0.05, 0) is 34.5 Å². The standard InChI is InChI=1S/C13H24N4O/c1-6-14-7-11-8-16-12(9-15-11)18-10-13(2,3)17(4)5/h8-9,14H,6-7,10H2,1-5H3. The van der Waals surface area contributed by atoms with Crippen LogP contribution in [-0.2, 0) is 6.54 Å². The molecule has 0 bridgehead atoms. The van der Waals surface area contributed by atoms with E-state index in [0.29, 0.717) is 12.5 Å². The second kappa shape index (κ2) is 6.66. The fourth-order valence-corrected chi connectivity index (χ4v) is 1.14. The molecule has 0 unspecified atom stereocenters. The molecule has 5 nitrogen and oxygen atoms in total. The minimum absolute atomic E-state index is 0.0237. The van der Waals surface area contributed by atoms with E-state index >= 15 is 0 Å². The van der Waals surface area contributed by atoms with Gasteiger partial charge < -0.3 is 15.0 Å². The molecule has 0 spiro atoms. The van der Waals surface area contributed by atoms with Gasteiger partial charge in [0.2, 0.25) is 5.88 Å². The summed E-state index contributed by atoms with van der Waals surface area (Å²) in [6.45, 7) is 8.57. The second-order valence-corrected chi connectivity index (χ2v) is 5.12. The first kappa shape index (κ1) is 14.9. The zero-order valence-corrected chi connectivity index (χ0v) is 12.0. The molecule has 0 amide bonds. The average molecular weight is 252 g/mol. The maximum Gasteiger partial charge on any atom is 0.232 e. The molecule has 0 saturated heterocycles. The van der Waals surface area contributed by atoms with Gasteiger partial charge in [-0.25, -0.2) is 4.98 Å². The first-order valence-corrected chi connectivity index (χ1v) is 6.27. The van der Waals surface area contributed by atoms with Crippen LogP contribution < -0.4 is 10.1 Å². The average Bonchev–Trinajstić information content (AvgIpc) is 2.35. The number of ether oxygens (including phenoxy) is 1. The van der Waals surface area contributed by atoms with E-state index in [1.165, 1.54) is 0 Å². The van der Waals surface area contributed by atoms with Crippen molar-refractivity contribution >= 4 is 0 Å². The largest absolute Gasteiger partial charge is 0.475 e. The summed E-state index contributed by atoms with van der Waals surface area (Å²) in [5, 5.41) is 3.21. The van der Waals surface area contributed by atoms with Gasteiger partial charge in [-0.2, -0.15) is 0 Å². The van der Waals surface area contributed by atoms with Crippen LogP contribution in [0.25, 0.3) is 0 Å². The van der Waals surface area contributed by atoms with Crippen molar-refractivity contribution < 1.29 is 4.74 Å². The van der Waals surface area contributed by atoms with Crippen molar-refractivity contribution in [2.24, 2.45) is 0 Å². The van der Waals surface area contributed by atoms with E-state index in [2.05, 4.69) is 41.0 Å². The molecule has 0 saturated carbocycles. The van der Waals surface area contributed by atoms with Crippen molar-refractivity contribution in [3.05, 3.63) is 18.1 Å². The Morgan fingerprint density at radius 2 is 2.00 bits per heavy atom. The summed E-state index contributed by atoms with van der Waals surface area (Å²) in [5.41, 5.74) is 0.903. The van der Waals surface area contributed by atoms with Crippen molar-refractivity contribution in [3.8, 4) is 5.88 Å². The van der Waals surface area contributed by atoms with Crippen LogP contribution in [-0.4, -0.2) is 47.7 Å². The predicted octanol–water partition coefficient (Wildman–Crippen LogP) is 1.31. The van der Waals surface area contributed by atoms with Crippen LogP contribution in [0.15, 0.2) is 12.4 Å². The molecule has 18 heavy (non-hydrogen) atoms. The van der Waals surface area contributed by atoms with E-state index in [0.717, 1.165) is 18.8 Å². The number of hydrogen-bond donors (Lipinski definition) is 1. The number of nitrogens with zero attached hydrogens (tertiary/aromatic N) is 3. The molecule has 0 fully saturated rings. The minimum Gasteiger partial charge on any atom is -0.475 e. The summed E-state index contributed by atoms with van der Waals surface area (Å²) in [4.78, 5) is 10.7. The van der Waals surface area contributed by atoms with Crippen molar-refractivity contribution in [2.45, 2.75) is 32.9 Å². The zero-order valence-electron chi connectivity index (χ0n) is 12.0. The van der Waals surface area contributed by atoms with E-state index in [9.17, 15) is 0 Å². The highest BCUT2D eigenvalue weighted by Crippen LogP contribution is 2.12. The van der Waals surface area contributed by atoms with Crippen LogP contribution in [0.3, 0.4) is 0 Å². The lowest BCUT2D eigenvalue weighted by molar-refractivity contribution is 0.111. The Kier molecular flexibility index (Phi) is 5.50. The van der Waals surface area contributed by atoms with Crippen LogP contribution in [0.5, 0.6) is 5.88 Å². The van der Waals surface area contributed by atoms with Crippen LogP contribution in [0, 0.1) is 0 Å². The molecule has 1 heterocycles. The summed E-state index contributed by atoms with van der Waals surface area (Å²) in [7, 11) is 4.07. The lowest BCUT2D eigenvalue weighted by Crippen LogP contribution is -2.43. The van der Waals surface area contributed by atoms with E-state index < -0.39 is 0 Å². The summed E-state index contributed by atoms with van der Waals surface area (Å²) in [6, 6.07) is 0. The monoisotopic (exact) mass is 252 g/mol. The number of rotatable bonds is 7. The number of hydrogen-bond acceptors (Lipinski definition) is 5. The molecular formula is C13H24N4O. The molecule has 0 radical (unpaired) electrons. The van der Waals surface area contributed by atoms with Gasteiger partial charge >= 0.3 is 0 Å². The summed E-state index contributed by atoms with van der Waals surface area (Å²) in [6.07, 6.45) is 3.43. The second-order valence-electron chi connectivity index (χ2n) is 5.12. The van der Waals surface area contributed by atoms with Crippen LogP contribution >= 0.6 is 0 Å². The van der Waals surface area contributed by atoms with Gasteiger partial charge in [-0.15, -0.1) is 0 Å². The Morgan fingerprint density at radius 3 is 2.50 bits per heavy atom. The van der Waals surface area contributed by atoms with Gasteiger partial charge in [0.25, 0.3) is 0 Å². The third-order valence-corrected chi connectivity index (χ3v) is 3.02.